The fraction of sp³-hybridized carbons (Fsp3) is 0.235. The first kappa shape index (κ1) is 14.1. The van der Waals surface area contributed by atoms with Gasteiger partial charge in [-0.1, -0.05) is 29.8 Å². The van der Waals surface area contributed by atoms with Gasteiger partial charge in [-0.2, -0.15) is 0 Å². The van der Waals surface area contributed by atoms with Crippen molar-refractivity contribution in [1.82, 2.24) is 0 Å². The highest BCUT2D eigenvalue weighted by Crippen LogP contribution is 2.28. The van der Waals surface area contributed by atoms with Crippen LogP contribution in [0, 0.1) is 6.92 Å². The van der Waals surface area contributed by atoms with Gasteiger partial charge in [0.2, 0.25) is 0 Å². The lowest BCUT2D eigenvalue weighted by Gasteiger charge is -2.09. The van der Waals surface area contributed by atoms with Gasteiger partial charge in [0.15, 0.2) is 17.3 Å². The largest absolute Gasteiger partial charge is 0.493 e. The van der Waals surface area contributed by atoms with Crippen LogP contribution in [0.3, 0.4) is 0 Å². The summed E-state index contributed by atoms with van der Waals surface area (Å²) < 4.78 is 10.4. The van der Waals surface area contributed by atoms with E-state index in [9.17, 15) is 4.79 Å². The van der Waals surface area contributed by atoms with Crippen LogP contribution in [0.2, 0.25) is 0 Å². The molecule has 0 spiro atoms. The van der Waals surface area contributed by atoms with E-state index in [4.69, 9.17) is 9.47 Å². The van der Waals surface area contributed by atoms with Gasteiger partial charge in [-0.05, 0) is 30.7 Å². The maximum atomic E-state index is 12.3. The number of aryl methyl sites for hydroxylation is 1. The van der Waals surface area contributed by atoms with Crippen LogP contribution in [0.4, 0.5) is 0 Å². The van der Waals surface area contributed by atoms with E-state index in [0.29, 0.717) is 23.5 Å². The highest BCUT2D eigenvalue weighted by atomic mass is 16.5. The molecule has 3 heteroatoms. The normalized spacial score (nSPS) is 10.2. The molecule has 0 radical (unpaired) electrons. The Morgan fingerprint density at radius 1 is 0.950 bits per heavy atom. The van der Waals surface area contributed by atoms with E-state index in [2.05, 4.69) is 0 Å². The number of rotatable bonds is 5. The van der Waals surface area contributed by atoms with Crippen LogP contribution in [-0.4, -0.2) is 20.0 Å². The predicted molar refractivity (Wildman–Crippen MR) is 78.8 cm³/mol. The van der Waals surface area contributed by atoms with Crippen molar-refractivity contribution in [3.05, 3.63) is 59.2 Å². The van der Waals surface area contributed by atoms with Crippen molar-refractivity contribution >= 4 is 5.78 Å². The topological polar surface area (TPSA) is 35.5 Å². The highest BCUT2D eigenvalue weighted by molar-refractivity contribution is 5.98. The molecule has 2 aromatic rings. The van der Waals surface area contributed by atoms with Gasteiger partial charge in [-0.25, -0.2) is 0 Å². The molecule has 0 fully saturated rings. The number of carbonyl (C=O) groups excluding carboxylic acids is 1. The van der Waals surface area contributed by atoms with Crippen LogP contribution in [0.15, 0.2) is 42.5 Å². The van der Waals surface area contributed by atoms with Crippen molar-refractivity contribution in [3.63, 3.8) is 0 Å². The van der Waals surface area contributed by atoms with Crippen molar-refractivity contribution in [2.75, 3.05) is 14.2 Å². The van der Waals surface area contributed by atoms with Gasteiger partial charge < -0.3 is 9.47 Å². The molecule has 0 atom stereocenters. The summed E-state index contributed by atoms with van der Waals surface area (Å²) in [5.41, 5.74) is 2.82. The minimum Gasteiger partial charge on any atom is -0.493 e. The molecule has 0 saturated heterocycles. The third kappa shape index (κ3) is 3.18. The highest BCUT2D eigenvalue weighted by Gasteiger charge is 2.11. The van der Waals surface area contributed by atoms with E-state index in [-0.39, 0.29) is 5.78 Å². The number of ketones is 1. The molecule has 0 aliphatic heterocycles. The Kier molecular flexibility index (Phi) is 4.41. The SMILES string of the molecule is COc1ccc(C(=O)Cc2ccc(C)cc2)cc1OC. The molecular weight excluding hydrogens is 252 g/mol. The Hall–Kier alpha value is -2.29. The molecule has 3 nitrogen and oxygen atoms in total. The molecule has 0 aliphatic rings. The van der Waals surface area contributed by atoms with E-state index in [1.54, 1.807) is 32.4 Å². The van der Waals surface area contributed by atoms with Gasteiger partial charge in [-0.3, -0.25) is 4.79 Å². The second-order valence-electron chi connectivity index (χ2n) is 4.66. The quantitative estimate of drug-likeness (QED) is 0.781. The van der Waals surface area contributed by atoms with Gasteiger partial charge in [0, 0.05) is 12.0 Å². The van der Waals surface area contributed by atoms with Crippen LogP contribution in [0.1, 0.15) is 21.5 Å². The van der Waals surface area contributed by atoms with Gasteiger partial charge in [0.1, 0.15) is 0 Å². The molecular formula is C17H18O3. The molecule has 0 N–H and O–H groups in total. The van der Waals surface area contributed by atoms with Crippen molar-refractivity contribution < 1.29 is 14.3 Å². The van der Waals surface area contributed by atoms with Gasteiger partial charge in [-0.15, -0.1) is 0 Å². The summed E-state index contributed by atoms with van der Waals surface area (Å²) in [6.45, 7) is 2.03. The molecule has 0 bridgehead atoms. The summed E-state index contributed by atoms with van der Waals surface area (Å²) >= 11 is 0. The molecule has 0 aromatic heterocycles. The Balaban J connectivity index is 2.18. The third-order valence-electron chi connectivity index (χ3n) is 3.19. The van der Waals surface area contributed by atoms with Gasteiger partial charge in [0.05, 0.1) is 14.2 Å². The Morgan fingerprint density at radius 3 is 2.20 bits per heavy atom. The predicted octanol–water partition coefficient (Wildman–Crippen LogP) is 3.44. The molecule has 104 valence electrons. The molecule has 2 aromatic carbocycles. The average Bonchev–Trinajstić information content (AvgIpc) is 2.48. The van der Waals surface area contributed by atoms with Crippen LogP contribution in [-0.2, 0) is 6.42 Å². The first-order valence-electron chi connectivity index (χ1n) is 6.45. The maximum Gasteiger partial charge on any atom is 0.167 e. The molecule has 2 rings (SSSR count). The molecule has 0 amide bonds. The summed E-state index contributed by atoms with van der Waals surface area (Å²) in [6.07, 6.45) is 0.385. The fourth-order valence-electron chi connectivity index (χ4n) is 2.00. The maximum absolute atomic E-state index is 12.3. The standard InChI is InChI=1S/C17H18O3/c1-12-4-6-13(7-5-12)10-15(18)14-8-9-16(19-2)17(11-14)20-3/h4-9,11H,10H2,1-3H3. The first-order chi connectivity index (χ1) is 9.63. The van der Waals surface area contributed by atoms with Crippen molar-refractivity contribution in [1.29, 1.82) is 0 Å². The number of carbonyl (C=O) groups is 1. The van der Waals surface area contributed by atoms with E-state index < -0.39 is 0 Å². The zero-order chi connectivity index (χ0) is 14.5. The molecule has 0 aliphatic carbocycles. The summed E-state index contributed by atoms with van der Waals surface area (Å²) in [4.78, 5) is 12.3. The molecule has 20 heavy (non-hydrogen) atoms. The van der Waals surface area contributed by atoms with E-state index in [1.165, 1.54) is 5.56 Å². The summed E-state index contributed by atoms with van der Waals surface area (Å²) in [7, 11) is 3.14. The summed E-state index contributed by atoms with van der Waals surface area (Å²) in [5.74, 6) is 1.26. The number of methoxy groups -OCH3 is 2. The van der Waals surface area contributed by atoms with Gasteiger partial charge >= 0.3 is 0 Å². The number of hydrogen-bond donors (Lipinski definition) is 0. The second-order valence-corrected chi connectivity index (χ2v) is 4.66. The molecule has 0 unspecified atom stereocenters. The zero-order valence-corrected chi connectivity index (χ0v) is 12.0. The lowest BCUT2D eigenvalue weighted by molar-refractivity contribution is 0.0992. The minimum atomic E-state index is 0.0646. The number of ether oxygens (including phenoxy) is 2. The van der Waals surface area contributed by atoms with Crippen LogP contribution in [0.5, 0.6) is 11.5 Å². The fourth-order valence-corrected chi connectivity index (χ4v) is 2.00. The summed E-state index contributed by atoms with van der Waals surface area (Å²) in [5, 5.41) is 0. The minimum absolute atomic E-state index is 0.0646. The monoisotopic (exact) mass is 270 g/mol. The van der Waals surface area contributed by atoms with Crippen molar-refractivity contribution in [2.24, 2.45) is 0 Å². The van der Waals surface area contributed by atoms with Crippen LogP contribution >= 0.6 is 0 Å². The third-order valence-corrected chi connectivity index (χ3v) is 3.19. The average molecular weight is 270 g/mol. The van der Waals surface area contributed by atoms with Gasteiger partial charge in [0.25, 0.3) is 0 Å². The summed E-state index contributed by atoms with van der Waals surface area (Å²) in [6, 6.07) is 13.2. The first-order valence-corrected chi connectivity index (χ1v) is 6.45. The second kappa shape index (κ2) is 6.24. The molecule has 0 heterocycles. The van der Waals surface area contributed by atoms with Crippen molar-refractivity contribution in [2.45, 2.75) is 13.3 Å². The van der Waals surface area contributed by atoms with Crippen LogP contribution < -0.4 is 9.47 Å². The Labute approximate surface area is 119 Å². The number of hydrogen-bond acceptors (Lipinski definition) is 3. The van der Waals surface area contributed by atoms with E-state index >= 15 is 0 Å². The Morgan fingerprint density at radius 2 is 1.60 bits per heavy atom. The smallest absolute Gasteiger partial charge is 0.167 e. The lowest BCUT2D eigenvalue weighted by Crippen LogP contribution is -2.04. The van der Waals surface area contributed by atoms with Crippen LogP contribution in [0.25, 0.3) is 0 Å². The zero-order valence-electron chi connectivity index (χ0n) is 12.0. The lowest BCUT2D eigenvalue weighted by atomic mass is 10.0. The number of benzene rings is 2. The van der Waals surface area contributed by atoms with E-state index in [0.717, 1.165) is 5.56 Å². The molecule has 0 saturated carbocycles. The number of Topliss-reactive ketones (excluding diaryl/α,β-unsaturated/α-hetero) is 1. The Bertz CT molecular complexity index is 600. The van der Waals surface area contributed by atoms with E-state index in [1.807, 2.05) is 31.2 Å². The van der Waals surface area contributed by atoms with Crippen molar-refractivity contribution in [3.8, 4) is 11.5 Å².